The lowest BCUT2D eigenvalue weighted by Crippen LogP contribution is -2.52. The van der Waals surface area contributed by atoms with Gasteiger partial charge < -0.3 is 9.98 Å². The Morgan fingerprint density at radius 1 is 1.21 bits per heavy atom. The van der Waals surface area contributed by atoms with Crippen LogP contribution in [0.5, 0.6) is 0 Å². The molecule has 3 aromatic heterocycles. The molecule has 176 valence electrons. The number of sulfonamides is 1. The van der Waals surface area contributed by atoms with Crippen LogP contribution in [0.2, 0.25) is 5.02 Å². The van der Waals surface area contributed by atoms with Crippen molar-refractivity contribution in [2.24, 2.45) is 4.99 Å². The number of benzene rings is 1. The molecule has 1 aliphatic heterocycles. The average molecular weight is 498 g/mol. The number of halogens is 1. The number of hydrogen-bond donors (Lipinski definition) is 1. The predicted octanol–water partition coefficient (Wildman–Crippen LogP) is 3.17. The molecule has 0 aliphatic carbocycles. The lowest BCUT2D eigenvalue weighted by Gasteiger charge is -2.34. The molecule has 4 heterocycles. The normalized spacial score (nSPS) is 15.5. The summed E-state index contributed by atoms with van der Waals surface area (Å²) in [5.41, 5.74) is 4.87. The largest absolute Gasteiger partial charge is 0.334 e. The predicted molar refractivity (Wildman–Crippen MR) is 134 cm³/mol. The Kier molecular flexibility index (Phi) is 5.75. The first kappa shape index (κ1) is 22.7. The van der Waals surface area contributed by atoms with Gasteiger partial charge in [0.1, 0.15) is 5.82 Å². The number of nitrogens with zero attached hydrogens (tertiary/aromatic N) is 6. The van der Waals surface area contributed by atoms with Crippen LogP contribution >= 0.6 is 11.6 Å². The van der Waals surface area contributed by atoms with Gasteiger partial charge in [0.05, 0.1) is 34.7 Å². The Morgan fingerprint density at radius 3 is 2.74 bits per heavy atom. The van der Waals surface area contributed by atoms with Crippen LogP contribution in [0.15, 0.2) is 47.5 Å². The molecule has 0 saturated carbocycles. The molecule has 0 bridgehead atoms. The van der Waals surface area contributed by atoms with Crippen molar-refractivity contribution >= 4 is 50.2 Å². The van der Waals surface area contributed by atoms with Crippen molar-refractivity contribution in [1.82, 2.24) is 23.5 Å². The van der Waals surface area contributed by atoms with Gasteiger partial charge in [-0.15, -0.1) is 10.2 Å². The number of aliphatic imine (C=N–C) groups is 1. The summed E-state index contributed by atoms with van der Waals surface area (Å²) >= 11 is 6.21. The molecular formula is C23H24ClN7O2S. The smallest absolute Gasteiger partial charge is 0.211 e. The molecule has 0 amide bonds. The summed E-state index contributed by atoms with van der Waals surface area (Å²) < 4.78 is 28.6. The highest BCUT2D eigenvalue weighted by atomic mass is 35.5. The zero-order valence-electron chi connectivity index (χ0n) is 18.8. The number of nitrogens with one attached hydrogen (secondary N) is 1. The van der Waals surface area contributed by atoms with Gasteiger partial charge in [-0.05, 0) is 42.8 Å². The van der Waals surface area contributed by atoms with Gasteiger partial charge in [0.15, 0.2) is 5.65 Å². The second kappa shape index (κ2) is 8.61. The quantitative estimate of drug-likeness (QED) is 0.395. The standard InChI is InChI=1S/C23H24ClN7O2S/c1-15-27-28-23-7-6-20-22(31(15)23)11-21(30(20)12-16-4-3-5-17(24)10-16)19(25)8-9-26-18-13-29(14-18)34(2,32)33/h3-7,9-11,18,25H,8,12-14H2,1-2H3. The van der Waals surface area contributed by atoms with E-state index in [-0.39, 0.29) is 6.04 Å². The number of hydrogen-bond acceptors (Lipinski definition) is 6. The van der Waals surface area contributed by atoms with E-state index in [1.807, 2.05) is 53.8 Å². The molecule has 1 saturated heterocycles. The van der Waals surface area contributed by atoms with Crippen LogP contribution in [-0.4, -0.2) is 69.2 Å². The molecule has 4 aromatic rings. The topological polar surface area (TPSA) is 109 Å². The van der Waals surface area contributed by atoms with Crippen LogP contribution in [0.1, 0.15) is 23.5 Å². The summed E-state index contributed by atoms with van der Waals surface area (Å²) in [6, 6.07) is 13.6. The van der Waals surface area contributed by atoms with Crippen LogP contribution in [0.25, 0.3) is 16.7 Å². The minimum absolute atomic E-state index is 0.0564. The lowest BCUT2D eigenvalue weighted by atomic mass is 10.1. The fourth-order valence-electron chi connectivity index (χ4n) is 4.26. The van der Waals surface area contributed by atoms with Crippen molar-refractivity contribution in [3.05, 3.63) is 64.6 Å². The van der Waals surface area contributed by atoms with E-state index in [4.69, 9.17) is 17.0 Å². The third kappa shape index (κ3) is 4.24. The van der Waals surface area contributed by atoms with Crippen LogP contribution < -0.4 is 0 Å². The van der Waals surface area contributed by atoms with Gasteiger partial charge in [-0.25, -0.2) is 8.42 Å². The number of fused-ring (bicyclic) bond motifs is 3. The molecule has 0 spiro atoms. The van der Waals surface area contributed by atoms with Crippen molar-refractivity contribution < 1.29 is 8.42 Å². The second-order valence-electron chi connectivity index (χ2n) is 8.54. The molecule has 1 N–H and O–H groups in total. The van der Waals surface area contributed by atoms with Crippen molar-refractivity contribution in [3.8, 4) is 0 Å². The maximum Gasteiger partial charge on any atom is 0.211 e. The Morgan fingerprint density at radius 2 is 2.00 bits per heavy atom. The van der Waals surface area contributed by atoms with Crippen LogP contribution in [0.3, 0.4) is 0 Å². The first-order chi connectivity index (χ1) is 16.2. The van der Waals surface area contributed by atoms with E-state index in [0.717, 1.165) is 33.8 Å². The van der Waals surface area contributed by atoms with Gasteiger partial charge in [-0.1, -0.05) is 23.7 Å². The Balaban J connectivity index is 1.46. The molecule has 1 fully saturated rings. The summed E-state index contributed by atoms with van der Waals surface area (Å²) in [5.74, 6) is 0.778. The number of pyridine rings is 1. The summed E-state index contributed by atoms with van der Waals surface area (Å²) in [4.78, 5) is 4.47. The highest BCUT2D eigenvalue weighted by Crippen LogP contribution is 2.25. The first-order valence-corrected chi connectivity index (χ1v) is 13.1. The van der Waals surface area contributed by atoms with Crippen LogP contribution in [-0.2, 0) is 16.6 Å². The molecule has 1 aliphatic rings. The Hall–Kier alpha value is -3.08. The SMILES string of the molecule is Cc1nnc2ccc3c(cc(C(=N)CC=NC4CN(S(C)(=O)=O)C4)n3Cc3cccc(Cl)c3)n12. The second-order valence-corrected chi connectivity index (χ2v) is 11.0. The number of rotatable bonds is 7. The summed E-state index contributed by atoms with van der Waals surface area (Å²) in [6.45, 7) is 3.24. The van der Waals surface area contributed by atoms with Gasteiger partial charge in [0, 0.05) is 37.3 Å². The average Bonchev–Trinajstić information content (AvgIpc) is 3.29. The first-order valence-electron chi connectivity index (χ1n) is 10.8. The highest BCUT2D eigenvalue weighted by Gasteiger charge is 2.32. The monoisotopic (exact) mass is 497 g/mol. The van der Waals surface area contributed by atoms with E-state index in [2.05, 4.69) is 19.8 Å². The number of aromatic nitrogens is 4. The van der Waals surface area contributed by atoms with Crippen LogP contribution in [0.4, 0.5) is 0 Å². The summed E-state index contributed by atoms with van der Waals surface area (Å²) in [5, 5.41) is 17.9. The zero-order valence-corrected chi connectivity index (χ0v) is 20.4. The summed E-state index contributed by atoms with van der Waals surface area (Å²) in [7, 11) is -3.16. The molecule has 5 rings (SSSR count). The fraction of sp³-hybridized carbons (Fsp3) is 0.304. The Bertz CT molecular complexity index is 1550. The van der Waals surface area contributed by atoms with E-state index in [1.54, 1.807) is 6.21 Å². The van der Waals surface area contributed by atoms with Gasteiger partial charge in [-0.2, -0.15) is 4.31 Å². The molecular weight excluding hydrogens is 474 g/mol. The minimum atomic E-state index is -3.16. The van der Waals surface area contributed by atoms with Crippen LogP contribution in [0, 0.1) is 12.3 Å². The fourth-order valence-corrected chi connectivity index (χ4v) is 5.36. The third-order valence-electron chi connectivity index (χ3n) is 6.05. The Labute approximate surface area is 202 Å². The molecule has 34 heavy (non-hydrogen) atoms. The molecule has 11 heteroatoms. The minimum Gasteiger partial charge on any atom is -0.334 e. The summed E-state index contributed by atoms with van der Waals surface area (Å²) in [6.07, 6.45) is 3.26. The number of aryl methyl sites for hydroxylation is 1. The molecule has 9 nitrogen and oxygen atoms in total. The van der Waals surface area contributed by atoms with E-state index in [1.165, 1.54) is 10.6 Å². The van der Waals surface area contributed by atoms with Gasteiger partial charge >= 0.3 is 0 Å². The van der Waals surface area contributed by atoms with Gasteiger partial charge in [-0.3, -0.25) is 9.39 Å². The van der Waals surface area contributed by atoms with E-state index >= 15 is 0 Å². The van der Waals surface area contributed by atoms with Crippen molar-refractivity contribution in [1.29, 1.82) is 5.41 Å². The van der Waals surface area contributed by atoms with E-state index < -0.39 is 10.0 Å². The maximum atomic E-state index is 11.5. The molecule has 1 aromatic carbocycles. The van der Waals surface area contributed by atoms with Crippen molar-refractivity contribution in [3.63, 3.8) is 0 Å². The maximum absolute atomic E-state index is 11.5. The van der Waals surface area contributed by atoms with E-state index in [9.17, 15) is 8.42 Å². The van der Waals surface area contributed by atoms with Gasteiger partial charge in [0.25, 0.3) is 0 Å². The molecule has 0 atom stereocenters. The zero-order chi connectivity index (χ0) is 24.0. The molecule has 0 radical (unpaired) electrons. The highest BCUT2D eigenvalue weighted by molar-refractivity contribution is 7.88. The van der Waals surface area contributed by atoms with Gasteiger partial charge in [0.2, 0.25) is 10.0 Å². The van der Waals surface area contributed by atoms with E-state index in [0.29, 0.717) is 36.8 Å². The van der Waals surface area contributed by atoms with Crippen molar-refractivity contribution in [2.45, 2.75) is 25.9 Å². The molecule has 0 unspecified atom stereocenters. The third-order valence-corrected chi connectivity index (χ3v) is 7.52. The lowest BCUT2D eigenvalue weighted by molar-refractivity contribution is 0.269. The van der Waals surface area contributed by atoms with Crippen molar-refractivity contribution in [2.75, 3.05) is 19.3 Å².